The normalized spacial score (nSPS) is 19.9. The summed E-state index contributed by atoms with van der Waals surface area (Å²) < 4.78 is 12.8. The summed E-state index contributed by atoms with van der Waals surface area (Å²) in [7, 11) is 0. The fourth-order valence-electron chi connectivity index (χ4n) is 1.50. The summed E-state index contributed by atoms with van der Waals surface area (Å²) in [6, 6.07) is 4.86. The van der Waals surface area contributed by atoms with E-state index in [9.17, 15) is 14.0 Å². The van der Waals surface area contributed by atoms with E-state index in [0.29, 0.717) is 12.0 Å². The van der Waals surface area contributed by atoms with Crippen molar-refractivity contribution in [2.45, 2.75) is 12.5 Å². The van der Waals surface area contributed by atoms with Crippen molar-refractivity contribution < 1.29 is 14.0 Å². The van der Waals surface area contributed by atoms with Gasteiger partial charge in [-0.25, -0.2) is 9.18 Å². The van der Waals surface area contributed by atoms with Crippen LogP contribution in [-0.4, -0.2) is 18.0 Å². The van der Waals surface area contributed by atoms with Crippen LogP contribution in [0.4, 0.5) is 9.18 Å². The number of hydrogen-bond donors (Lipinski definition) is 2. The molecule has 0 aliphatic carbocycles. The molecular formula is C10H9FN2O2. The zero-order valence-electron chi connectivity index (χ0n) is 7.79. The molecule has 0 spiro atoms. The number of imide groups is 1. The van der Waals surface area contributed by atoms with Crippen molar-refractivity contribution in [3.05, 3.63) is 35.6 Å². The molecule has 1 fully saturated rings. The first-order valence-electron chi connectivity index (χ1n) is 4.51. The second-order valence-corrected chi connectivity index (χ2v) is 3.35. The molecule has 1 aromatic carbocycles. The summed E-state index contributed by atoms with van der Waals surface area (Å²) in [5.74, 6) is -0.721. The predicted molar refractivity (Wildman–Crippen MR) is 50.6 cm³/mol. The number of amides is 3. The molecule has 1 aliphatic rings. The van der Waals surface area contributed by atoms with E-state index in [0.717, 1.165) is 0 Å². The van der Waals surface area contributed by atoms with Gasteiger partial charge in [0, 0.05) is 6.42 Å². The Morgan fingerprint density at radius 1 is 1.33 bits per heavy atom. The van der Waals surface area contributed by atoms with E-state index in [4.69, 9.17) is 0 Å². The maximum atomic E-state index is 12.8. The maximum absolute atomic E-state index is 12.8. The molecule has 15 heavy (non-hydrogen) atoms. The van der Waals surface area contributed by atoms with Crippen LogP contribution in [-0.2, 0) is 11.2 Å². The molecular weight excluding hydrogens is 199 g/mol. The number of benzene rings is 1. The van der Waals surface area contributed by atoms with Crippen molar-refractivity contribution >= 4 is 11.9 Å². The second kappa shape index (κ2) is 3.68. The lowest BCUT2D eigenvalue weighted by Crippen LogP contribution is -2.31. The van der Waals surface area contributed by atoms with Gasteiger partial charge in [0.25, 0.3) is 5.91 Å². The standard InChI is InChI=1S/C10H9FN2O2/c11-7-3-1-2-6(4-7)5-8-9(14)13-10(15)12-8/h1-4,8H,5H2,(H2,12,13,14,15). The largest absolute Gasteiger partial charge is 0.326 e. The number of carbonyl (C=O) groups is 2. The fourth-order valence-corrected chi connectivity index (χ4v) is 1.50. The van der Waals surface area contributed by atoms with Gasteiger partial charge in [0.2, 0.25) is 0 Å². The van der Waals surface area contributed by atoms with Crippen LogP contribution in [0.3, 0.4) is 0 Å². The van der Waals surface area contributed by atoms with Gasteiger partial charge in [-0.15, -0.1) is 0 Å². The summed E-state index contributed by atoms with van der Waals surface area (Å²) in [5, 5.41) is 4.57. The molecule has 1 unspecified atom stereocenters. The highest BCUT2D eigenvalue weighted by Gasteiger charge is 2.29. The molecule has 2 N–H and O–H groups in total. The quantitative estimate of drug-likeness (QED) is 0.698. The van der Waals surface area contributed by atoms with Crippen LogP contribution in [0.1, 0.15) is 5.56 Å². The first kappa shape index (κ1) is 9.64. The first-order chi connectivity index (χ1) is 7.15. The van der Waals surface area contributed by atoms with Crippen molar-refractivity contribution in [3.63, 3.8) is 0 Å². The minimum absolute atomic E-state index is 0.301. The molecule has 1 saturated heterocycles. The van der Waals surface area contributed by atoms with Gasteiger partial charge in [0.05, 0.1) is 0 Å². The summed E-state index contributed by atoms with van der Waals surface area (Å²) in [6.07, 6.45) is 0.301. The molecule has 1 heterocycles. The van der Waals surface area contributed by atoms with E-state index in [1.165, 1.54) is 12.1 Å². The number of carbonyl (C=O) groups excluding carboxylic acids is 2. The highest BCUT2D eigenvalue weighted by atomic mass is 19.1. The molecule has 5 heteroatoms. The molecule has 0 radical (unpaired) electrons. The smallest absolute Gasteiger partial charge is 0.322 e. The highest BCUT2D eigenvalue weighted by Crippen LogP contribution is 2.08. The Balaban J connectivity index is 2.09. The average molecular weight is 208 g/mol. The number of urea groups is 1. The molecule has 0 saturated carbocycles. The van der Waals surface area contributed by atoms with Gasteiger partial charge in [-0.2, -0.15) is 0 Å². The maximum Gasteiger partial charge on any atom is 0.322 e. The van der Waals surface area contributed by atoms with Gasteiger partial charge in [-0.1, -0.05) is 12.1 Å². The zero-order chi connectivity index (χ0) is 10.8. The van der Waals surface area contributed by atoms with Gasteiger partial charge in [0.15, 0.2) is 0 Å². The number of rotatable bonds is 2. The first-order valence-corrected chi connectivity index (χ1v) is 4.51. The Labute approximate surface area is 85.5 Å². The van der Waals surface area contributed by atoms with E-state index in [-0.39, 0.29) is 11.7 Å². The van der Waals surface area contributed by atoms with Gasteiger partial charge in [-0.3, -0.25) is 10.1 Å². The molecule has 4 nitrogen and oxygen atoms in total. The van der Waals surface area contributed by atoms with Crippen LogP contribution in [0.2, 0.25) is 0 Å². The molecule has 78 valence electrons. The van der Waals surface area contributed by atoms with E-state index in [1.54, 1.807) is 12.1 Å². The second-order valence-electron chi connectivity index (χ2n) is 3.35. The van der Waals surface area contributed by atoms with E-state index in [1.807, 2.05) is 0 Å². The van der Waals surface area contributed by atoms with Gasteiger partial charge in [-0.05, 0) is 17.7 Å². The summed E-state index contributed by atoms with van der Waals surface area (Å²) in [6.45, 7) is 0. The monoisotopic (exact) mass is 208 g/mol. The minimum Gasteiger partial charge on any atom is -0.326 e. The van der Waals surface area contributed by atoms with Crippen LogP contribution in [0.15, 0.2) is 24.3 Å². The lowest BCUT2D eigenvalue weighted by molar-refractivity contribution is -0.120. The number of halogens is 1. The Morgan fingerprint density at radius 2 is 2.13 bits per heavy atom. The van der Waals surface area contributed by atoms with E-state index >= 15 is 0 Å². The molecule has 3 amide bonds. The van der Waals surface area contributed by atoms with Crippen LogP contribution in [0, 0.1) is 5.82 Å². The Hall–Kier alpha value is -1.91. The van der Waals surface area contributed by atoms with Crippen molar-refractivity contribution in [3.8, 4) is 0 Å². The lowest BCUT2D eigenvalue weighted by atomic mass is 10.1. The molecule has 1 aromatic rings. The summed E-state index contributed by atoms with van der Waals surface area (Å²) in [5.41, 5.74) is 0.678. The molecule has 1 aliphatic heterocycles. The third kappa shape index (κ3) is 2.12. The van der Waals surface area contributed by atoms with Crippen molar-refractivity contribution in [1.82, 2.24) is 10.6 Å². The van der Waals surface area contributed by atoms with Crippen molar-refractivity contribution in [1.29, 1.82) is 0 Å². The van der Waals surface area contributed by atoms with Gasteiger partial charge < -0.3 is 5.32 Å². The van der Waals surface area contributed by atoms with Crippen molar-refractivity contribution in [2.24, 2.45) is 0 Å². The van der Waals surface area contributed by atoms with Gasteiger partial charge in [0.1, 0.15) is 11.9 Å². The predicted octanol–water partition coefficient (Wildman–Crippen LogP) is 0.576. The van der Waals surface area contributed by atoms with Crippen LogP contribution in [0.5, 0.6) is 0 Å². The fraction of sp³-hybridized carbons (Fsp3) is 0.200. The van der Waals surface area contributed by atoms with Crippen LogP contribution < -0.4 is 10.6 Å². The highest BCUT2D eigenvalue weighted by molar-refractivity contribution is 6.04. The third-order valence-corrected chi connectivity index (χ3v) is 2.19. The molecule has 2 rings (SSSR count). The van der Waals surface area contributed by atoms with Crippen LogP contribution >= 0.6 is 0 Å². The van der Waals surface area contributed by atoms with E-state index in [2.05, 4.69) is 10.6 Å². The molecule has 0 bridgehead atoms. The Kier molecular flexibility index (Phi) is 2.37. The van der Waals surface area contributed by atoms with Gasteiger partial charge >= 0.3 is 6.03 Å². The number of hydrogen-bond acceptors (Lipinski definition) is 2. The third-order valence-electron chi connectivity index (χ3n) is 2.19. The SMILES string of the molecule is O=C1NC(=O)C(Cc2cccc(F)c2)N1. The Bertz CT molecular complexity index is 420. The molecule has 1 atom stereocenters. The minimum atomic E-state index is -0.598. The summed E-state index contributed by atoms with van der Waals surface area (Å²) >= 11 is 0. The van der Waals surface area contributed by atoms with Crippen LogP contribution in [0.25, 0.3) is 0 Å². The zero-order valence-corrected chi connectivity index (χ0v) is 7.79. The van der Waals surface area contributed by atoms with Crippen molar-refractivity contribution in [2.75, 3.05) is 0 Å². The lowest BCUT2D eigenvalue weighted by Gasteiger charge is -2.06. The summed E-state index contributed by atoms with van der Waals surface area (Å²) in [4.78, 5) is 22.0. The number of nitrogens with one attached hydrogen (secondary N) is 2. The topological polar surface area (TPSA) is 58.2 Å². The average Bonchev–Trinajstić information content (AvgIpc) is 2.45. The van der Waals surface area contributed by atoms with E-state index < -0.39 is 12.1 Å². The molecule has 0 aromatic heterocycles. The Morgan fingerprint density at radius 3 is 2.73 bits per heavy atom.